The van der Waals surface area contributed by atoms with Gasteiger partial charge >= 0.3 is 66.5 Å². The van der Waals surface area contributed by atoms with Crippen LogP contribution in [-0.2, 0) is 0 Å². The van der Waals surface area contributed by atoms with Crippen molar-refractivity contribution in [3.8, 4) is 0 Å². The number of hydrogen-bond acceptors (Lipinski definition) is 1. The van der Waals surface area contributed by atoms with Gasteiger partial charge in [0.15, 0.2) is 0 Å². The van der Waals surface area contributed by atoms with E-state index in [0.29, 0.717) is 0 Å². The third-order valence-corrected chi connectivity index (χ3v) is 7.76. The van der Waals surface area contributed by atoms with E-state index in [0.717, 1.165) is 0 Å². The monoisotopic (exact) mass is 249 g/mol. The molecule has 0 aliphatic carbocycles. The van der Waals surface area contributed by atoms with Crippen molar-refractivity contribution in [3.05, 3.63) is 10.4 Å². The molecular formula is C6H15N3Sn. The van der Waals surface area contributed by atoms with Gasteiger partial charge in [0.2, 0.25) is 0 Å². The van der Waals surface area contributed by atoms with E-state index in [1.165, 1.54) is 17.3 Å². The molecule has 0 radical (unpaired) electrons. The molecule has 10 heavy (non-hydrogen) atoms. The van der Waals surface area contributed by atoms with Gasteiger partial charge < -0.3 is 0 Å². The fourth-order valence-electron chi connectivity index (χ4n) is 0.780. The Bertz CT molecular complexity index is 138. The van der Waals surface area contributed by atoms with E-state index >= 15 is 0 Å². The molecule has 0 aromatic heterocycles. The molecule has 0 unspecified atom stereocenters. The second-order valence-electron chi connectivity index (χ2n) is 3.11. The minimum atomic E-state index is -2.19. The zero-order valence-corrected chi connectivity index (χ0v) is 9.82. The second kappa shape index (κ2) is 4.85. The maximum atomic E-state index is 8.21. The summed E-state index contributed by atoms with van der Waals surface area (Å²) in [6.07, 6.45) is 2.43. The van der Waals surface area contributed by atoms with Crippen molar-refractivity contribution in [3.63, 3.8) is 0 Å². The predicted octanol–water partition coefficient (Wildman–Crippen LogP) is 3.30. The fraction of sp³-hybridized carbons (Fsp3) is 1.00. The third-order valence-electron chi connectivity index (χ3n) is 1.46. The van der Waals surface area contributed by atoms with Crippen molar-refractivity contribution < 1.29 is 0 Å². The summed E-state index contributed by atoms with van der Waals surface area (Å²) in [5.74, 6) is 0. The van der Waals surface area contributed by atoms with Gasteiger partial charge in [-0.25, -0.2) is 0 Å². The van der Waals surface area contributed by atoms with Gasteiger partial charge in [0, 0.05) is 0 Å². The van der Waals surface area contributed by atoms with Crippen LogP contribution in [0.4, 0.5) is 0 Å². The molecule has 0 rings (SSSR count). The van der Waals surface area contributed by atoms with E-state index in [-0.39, 0.29) is 0 Å². The Morgan fingerprint density at radius 3 is 2.50 bits per heavy atom. The van der Waals surface area contributed by atoms with Gasteiger partial charge in [-0.15, -0.1) is 0 Å². The van der Waals surface area contributed by atoms with Gasteiger partial charge in [0.25, 0.3) is 0 Å². The first-order valence-corrected chi connectivity index (χ1v) is 12.7. The van der Waals surface area contributed by atoms with E-state index in [9.17, 15) is 0 Å². The molecule has 0 N–H and O–H groups in total. The van der Waals surface area contributed by atoms with Gasteiger partial charge in [-0.05, 0) is 0 Å². The zero-order chi connectivity index (χ0) is 8.04. The molecule has 0 bridgehead atoms. The third kappa shape index (κ3) is 4.94. The van der Waals surface area contributed by atoms with Crippen LogP contribution in [0.15, 0.2) is 3.34 Å². The van der Waals surface area contributed by atoms with Crippen molar-refractivity contribution in [2.24, 2.45) is 3.34 Å². The molecule has 0 amide bonds. The summed E-state index contributed by atoms with van der Waals surface area (Å²) in [5, 5.41) is 0. The summed E-state index contributed by atoms with van der Waals surface area (Å²) in [6.45, 7) is 2.16. The molecule has 0 aliphatic rings. The van der Waals surface area contributed by atoms with Crippen molar-refractivity contribution in [1.82, 2.24) is 0 Å². The van der Waals surface area contributed by atoms with Gasteiger partial charge in [0.05, 0.1) is 0 Å². The molecule has 0 aromatic rings. The quantitative estimate of drug-likeness (QED) is 0.317. The van der Waals surface area contributed by atoms with E-state index in [4.69, 9.17) is 5.53 Å². The van der Waals surface area contributed by atoms with Crippen LogP contribution in [0.5, 0.6) is 0 Å². The summed E-state index contributed by atoms with van der Waals surface area (Å²) in [7, 11) is 0. The summed E-state index contributed by atoms with van der Waals surface area (Å²) in [4.78, 5) is 7.22. The second-order valence-corrected chi connectivity index (χ2v) is 15.4. The van der Waals surface area contributed by atoms with Crippen LogP contribution in [0.3, 0.4) is 0 Å². The van der Waals surface area contributed by atoms with E-state index in [1.54, 1.807) is 0 Å². The van der Waals surface area contributed by atoms with Gasteiger partial charge in [-0.2, -0.15) is 0 Å². The van der Waals surface area contributed by atoms with Crippen LogP contribution in [0.1, 0.15) is 19.8 Å². The normalized spacial score (nSPS) is 10.7. The first-order chi connectivity index (χ1) is 4.62. The number of hydrogen-bond donors (Lipinski definition) is 0. The van der Waals surface area contributed by atoms with Crippen molar-refractivity contribution in [2.75, 3.05) is 0 Å². The Morgan fingerprint density at radius 1 is 1.50 bits per heavy atom. The average Bonchev–Trinajstić information content (AvgIpc) is 1.84. The molecule has 58 valence electrons. The van der Waals surface area contributed by atoms with Crippen molar-refractivity contribution in [2.45, 2.75) is 34.1 Å². The summed E-state index contributed by atoms with van der Waals surface area (Å²) < 4.78 is 5.07. The van der Waals surface area contributed by atoms with Crippen molar-refractivity contribution in [1.29, 1.82) is 0 Å². The summed E-state index contributed by atoms with van der Waals surface area (Å²) in [6, 6.07) is 0. The van der Waals surface area contributed by atoms with Gasteiger partial charge in [-0.3, -0.25) is 0 Å². The molecule has 0 aromatic carbocycles. The number of rotatable bonds is 4. The molecule has 0 heterocycles. The fourth-order valence-corrected chi connectivity index (χ4v) is 5.24. The molecule has 0 fully saturated rings. The van der Waals surface area contributed by atoms with E-state index in [1.807, 2.05) is 0 Å². The topological polar surface area (TPSA) is 48.8 Å². The van der Waals surface area contributed by atoms with Crippen LogP contribution >= 0.6 is 0 Å². The summed E-state index contributed by atoms with van der Waals surface area (Å²) in [5.41, 5.74) is 8.21. The van der Waals surface area contributed by atoms with Crippen LogP contribution in [0.2, 0.25) is 14.3 Å². The van der Waals surface area contributed by atoms with Crippen LogP contribution in [0, 0.1) is 0 Å². The average molecular weight is 248 g/mol. The Labute approximate surface area is 66.7 Å². The van der Waals surface area contributed by atoms with Crippen molar-refractivity contribution >= 4 is 18.7 Å². The van der Waals surface area contributed by atoms with Gasteiger partial charge in [0.1, 0.15) is 0 Å². The molecule has 4 heteroatoms. The number of unbranched alkanes of at least 4 members (excludes halogenated alkanes) is 1. The van der Waals surface area contributed by atoms with Gasteiger partial charge in [-0.1, -0.05) is 0 Å². The predicted molar refractivity (Wildman–Crippen MR) is 46.3 cm³/mol. The summed E-state index contributed by atoms with van der Waals surface area (Å²) >= 11 is -2.19. The Kier molecular flexibility index (Phi) is 4.91. The number of azide groups is 1. The Morgan fingerprint density at radius 2 is 2.10 bits per heavy atom. The van der Waals surface area contributed by atoms with Crippen LogP contribution in [0.25, 0.3) is 10.4 Å². The molecule has 0 atom stereocenters. The molecular weight excluding hydrogens is 233 g/mol. The Hall–Kier alpha value is 0.109. The Balaban J connectivity index is 3.74. The number of nitrogens with zero attached hydrogens (tertiary/aromatic N) is 3. The maximum absolute atomic E-state index is 8.21. The first kappa shape index (κ1) is 10.1. The van der Waals surface area contributed by atoms with Crippen LogP contribution in [-0.4, -0.2) is 18.7 Å². The van der Waals surface area contributed by atoms with E-state index in [2.05, 4.69) is 25.1 Å². The zero-order valence-electron chi connectivity index (χ0n) is 6.96. The molecule has 0 aliphatic heterocycles. The molecule has 0 saturated carbocycles. The minimum absolute atomic E-state index is 1.19. The first-order valence-electron chi connectivity index (χ1n) is 3.68. The molecule has 3 nitrogen and oxygen atoms in total. The van der Waals surface area contributed by atoms with E-state index < -0.39 is 18.7 Å². The van der Waals surface area contributed by atoms with Crippen LogP contribution < -0.4 is 0 Å². The molecule has 0 spiro atoms. The molecule has 0 saturated heterocycles. The SMILES string of the molecule is CCC[CH2][Sn]([CH3])([CH3])[N]=[N+]=[N-]. The standard InChI is InChI=1S/C4H9.2CH3.N3.Sn/c1-3-4-2;;;1-3-2;/h1,3-4H2,2H3;2*1H3;;/q;;;-1;+1.